The standard InChI is InChI=1S/C14H17N5O3S/c1-14(9-18(2)12(14)20)8-16-23(21,22)13-15-10-19(17-13)11-6-4-3-5-7-11/h3-7,10,16H,8-9H2,1-2H3. The minimum Gasteiger partial charge on any atom is -0.344 e. The van der Waals surface area contributed by atoms with Gasteiger partial charge in [0.25, 0.3) is 15.2 Å². The van der Waals surface area contributed by atoms with Gasteiger partial charge in [-0.3, -0.25) is 4.79 Å². The van der Waals surface area contributed by atoms with Crippen molar-refractivity contribution in [1.29, 1.82) is 0 Å². The molecule has 23 heavy (non-hydrogen) atoms. The largest absolute Gasteiger partial charge is 0.344 e. The number of hydrogen-bond acceptors (Lipinski definition) is 5. The molecule has 3 rings (SSSR count). The van der Waals surface area contributed by atoms with Crippen LogP contribution in [0.3, 0.4) is 0 Å². The van der Waals surface area contributed by atoms with E-state index < -0.39 is 15.4 Å². The van der Waals surface area contributed by atoms with Crippen molar-refractivity contribution in [1.82, 2.24) is 24.4 Å². The zero-order chi connectivity index (χ0) is 16.7. The summed E-state index contributed by atoms with van der Waals surface area (Å²) in [6.07, 6.45) is 1.34. The molecule has 8 nitrogen and oxygen atoms in total. The lowest BCUT2D eigenvalue weighted by molar-refractivity contribution is -0.154. The van der Waals surface area contributed by atoms with Gasteiger partial charge in [-0.05, 0) is 19.1 Å². The van der Waals surface area contributed by atoms with E-state index in [9.17, 15) is 13.2 Å². The number of rotatable bonds is 5. The number of hydrogen-bond donors (Lipinski definition) is 1. The minimum atomic E-state index is -3.86. The number of sulfonamides is 1. The second kappa shape index (κ2) is 5.43. The molecule has 0 bridgehead atoms. The predicted octanol–water partition coefficient (Wildman–Crippen LogP) is 0.0239. The van der Waals surface area contributed by atoms with E-state index in [2.05, 4.69) is 14.8 Å². The molecule has 2 aromatic rings. The zero-order valence-corrected chi connectivity index (χ0v) is 13.6. The number of likely N-dealkylation sites (tertiary alicyclic amines) is 1. The summed E-state index contributed by atoms with van der Waals surface area (Å²) in [5.41, 5.74) is 0.00768. The van der Waals surface area contributed by atoms with Crippen molar-refractivity contribution in [3.63, 3.8) is 0 Å². The average Bonchev–Trinajstić information content (AvgIpc) is 3.05. The van der Waals surface area contributed by atoms with E-state index in [1.54, 1.807) is 31.0 Å². The molecule has 0 spiro atoms. The summed E-state index contributed by atoms with van der Waals surface area (Å²) >= 11 is 0. The van der Waals surface area contributed by atoms with E-state index in [1.807, 2.05) is 18.2 Å². The molecule has 1 aromatic heterocycles. The first-order chi connectivity index (χ1) is 10.8. The van der Waals surface area contributed by atoms with Crippen molar-refractivity contribution in [3.8, 4) is 5.69 Å². The first-order valence-corrected chi connectivity index (χ1v) is 8.52. The second-order valence-corrected chi connectivity index (χ2v) is 7.51. The third kappa shape index (κ3) is 2.84. The summed E-state index contributed by atoms with van der Waals surface area (Å²) in [7, 11) is -2.18. The normalized spacial score (nSPS) is 21.3. The second-order valence-electron chi connectivity index (χ2n) is 5.85. The molecule has 0 saturated carbocycles. The Hall–Kier alpha value is -2.26. The fraction of sp³-hybridized carbons (Fsp3) is 0.357. The van der Waals surface area contributed by atoms with Gasteiger partial charge in [-0.15, -0.1) is 5.10 Å². The monoisotopic (exact) mass is 335 g/mol. The van der Waals surface area contributed by atoms with E-state index in [4.69, 9.17) is 0 Å². The molecule has 1 aliphatic heterocycles. The van der Waals surface area contributed by atoms with Crippen molar-refractivity contribution < 1.29 is 13.2 Å². The number of aromatic nitrogens is 3. The van der Waals surface area contributed by atoms with Gasteiger partial charge >= 0.3 is 0 Å². The van der Waals surface area contributed by atoms with Crippen LogP contribution in [0, 0.1) is 5.41 Å². The van der Waals surface area contributed by atoms with Crippen LogP contribution in [-0.2, 0) is 14.8 Å². The van der Waals surface area contributed by atoms with Gasteiger partial charge in [0, 0.05) is 20.1 Å². The average molecular weight is 335 g/mol. The Kier molecular flexibility index (Phi) is 3.69. The van der Waals surface area contributed by atoms with E-state index in [0.29, 0.717) is 12.2 Å². The van der Waals surface area contributed by atoms with Crippen LogP contribution in [-0.4, -0.2) is 54.1 Å². The fourth-order valence-corrected chi connectivity index (χ4v) is 3.58. The first kappa shape index (κ1) is 15.6. The van der Waals surface area contributed by atoms with Gasteiger partial charge in [-0.2, -0.15) is 0 Å². The SMILES string of the molecule is CN1CC(C)(CNS(=O)(=O)c2ncn(-c3ccccc3)n2)C1=O. The summed E-state index contributed by atoms with van der Waals surface area (Å²) < 4.78 is 28.4. The molecule has 0 radical (unpaired) electrons. The maximum absolute atomic E-state index is 12.3. The molecule has 1 N–H and O–H groups in total. The van der Waals surface area contributed by atoms with Gasteiger partial charge in [0.15, 0.2) is 0 Å². The highest BCUT2D eigenvalue weighted by molar-refractivity contribution is 7.89. The molecule has 122 valence electrons. The molecular weight excluding hydrogens is 318 g/mol. The molecule has 9 heteroatoms. The summed E-state index contributed by atoms with van der Waals surface area (Å²) in [5.74, 6) is -0.0806. The quantitative estimate of drug-likeness (QED) is 0.777. The van der Waals surface area contributed by atoms with Gasteiger partial charge in [0.1, 0.15) is 6.33 Å². The molecule has 1 unspecified atom stereocenters. The molecule has 1 saturated heterocycles. The van der Waals surface area contributed by atoms with Gasteiger partial charge in [-0.1, -0.05) is 18.2 Å². The number of nitrogens with one attached hydrogen (secondary N) is 1. The highest BCUT2D eigenvalue weighted by Gasteiger charge is 2.46. The minimum absolute atomic E-state index is 0.0262. The topological polar surface area (TPSA) is 97.2 Å². The summed E-state index contributed by atoms with van der Waals surface area (Å²) in [4.78, 5) is 17.2. The molecule has 1 aliphatic rings. The van der Waals surface area contributed by atoms with Crippen LogP contribution in [0.2, 0.25) is 0 Å². The Bertz CT molecular complexity index is 833. The number of carbonyl (C=O) groups is 1. The van der Waals surface area contributed by atoms with Crippen molar-refractivity contribution in [2.45, 2.75) is 12.1 Å². The number of benzene rings is 1. The van der Waals surface area contributed by atoms with Crippen molar-refractivity contribution in [2.75, 3.05) is 20.1 Å². The smallest absolute Gasteiger partial charge is 0.282 e. The molecule has 2 heterocycles. The van der Waals surface area contributed by atoms with E-state index in [-0.39, 0.29) is 17.6 Å². The Balaban J connectivity index is 1.74. The van der Waals surface area contributed by atoms with Crippen LogP contribution >= 0.6 is 0 Å². The summed E-state index contributed by atoms with van der Waals surface area (Å²) in [6, 6.07) is 9.09. The molecule has 1 aromatic carbocycles. The molecule has 1 amide bonds. The number of nitrogens with zero attached hydrogens (tertiary/aromatic N) is 4. The third-order valence-electron chi connectivity index (χ3n) is 3.83. The van der Waals surface area contributed by atoms with Gasteiger partial charge in [0.2, 0.25) is 5.91 Å². The number of amides is 1. The fourth-order valence-electron chi connectivity index (χ4n) is 2.56. The Morgan fingerprint density at radius 3 is 2.61 bits per heavy atom. The van der Waals surface area contributed by atoms with Gasteiger partial charge in [-0.25, -0.2) is 22.8 Å². The highest BCUT2D eigenvalue weighted by Crippen LogP contribution is 2.29. The van der Waals surface area contributed by atoms with Crippen LogP contribution in [0.25, 0.3) is 5.69 Å². The number of β-lactam (4-membered cyclic amide) rings is 1. The lowest BCUT2D eigenvalue weighted by atomic mass is 9.81. The third-order valence-corrected chi connectivity index (χ3v) is 5.03. The lowest BCUT2D eigenvalue weighted by Crippen LogP contribution is -2.62. The molecule has 1 atom stereocenters. The Morgan fingerprint density at radius 2 is 2.00 bits per heavy atom. The molecule has 1 fully saturated rings. The van der Waals surface area contributed by atoms with Crippen LogP contribution in [0.15, 0.2) is 41.8 Å². The first-order valence-electron chi connectivity index (χ1n) is 7.04. The van der Waals surface area contributed by atoms with E-state index >= 15 is 0 Å². The van der Waals surface area contributed by atoms with E-state index in [1.165, 1.54) is 11.0 Å². The van der Waals surface area contributed by atoms with Crippen LogP contribution in [0.1, 0.15) is 6.92 Å². The van der Waals surface area contributed by atoms with Crippen LogP contribution in [0.4, 0.5) is 0 Å². The van der Waals surface area contributed by atoms with Gasteiger partial charge in [0.05, 0.1) is 11.1 Å². The Labute approximate surface area is 134 Å². The van der Waals surface area contributed by atoms with Crippen molar-refractivity contribution >= 4 is 15.9 Å². The number of carbonyl (C=O) groups excluding carboxylic acids is 1. The van der Waals surface area contributed by atoms with Gasteiger partial charge < -0.3 is 4.90 Å². The maximum Gasteiger partial charge on any atom is 0.282 e. The number of para-hydroxylation sites is 1. The maximum atomic E-state index is 12.3. The molecular formula is C14H17N5O3S. The lowest BCUT2D eigenvalue weighted by Gasteiger charge is -2.44. The molecule has 0 aliphatic carbocycles. The predicted molar refractivity (Wildman–Crippen MR) is 82.3 cm³/mol. The summed E-state index contributed by atoms with van der Waals surface area (Å²) in [5, 5.41) is 3.68. The summed E-state index contributed by atoms with van der Waals surface area (Å²) in [6.45, 7) is 2.27. The van der Waals surface area contributed by atoms with Crippen molar-refractivity contribution in [3.05, 3.63) is 36.7 Å². The van der Waals surface area contributed by atoms with Crippen LogP contribution in [0.5, 0.6) is 0 Å². The van der Waals surface area contributed by atoms with Crippen molar-refractivity contribution in [2.24, 2.45) is 5.41 Å². The Morgan fingerprint density at radius 1 is 1.30 bits per heavy atom. The van der Waals surface area contributed by atoms with E-state index in [0.717, 1.165) is 0 Å². The van der Waals surface area contributed by atoms with Crippen LogP contribution < -0.4 is 4.72 Å². The zero-order valence-electron chi connectivity index (χ0n) is 12.8. The highest BCUT2D eigenvalue weighted by atomic mass is 32.2.